The molecule has 2 N–H and O–H groups in total. The summed E-state index contributed by atoms with van der Waals surface area (Å²) in [5.74, 6) is -0.0352. The predicted octanol–water partition coefficient (Wildman–Crippen LogP) is 1.82. The number of piperidine rings is 1. The van der Waals surface area contributed by atoms with E-state index >= 15 is 0 Å². The van der Waals surface area contributed by atoms with Crippen molar-refractivity contribution in [2.24, 2.45) is 0 Å². The number of nitrogens with one attached hydrogen (secondary N) is 2. The lowest BCUT2D eigenvalue weighted by Gasteiger charge is -2.35. The summed E-state index contributed by atoms with van der Waals surface area (Å²) >= 11 is 0. The molecule has 0 radical (unpaired) electrons. The summed E-state index contributed by atoms with van der Waals surface area (Å²) in [4.78, 5) is 16.8. The van der Waals surface area contributed by atoms with E-state index in [1.54, 1.807) is 19.6 Å². The highest BCUT2D eigenvalue weighted by Gasteiger charge is 2.40. The molecule has 6 nitrogen and oxygen atoms in total. The van der Waals surface area contributed by atoms with Crippen LogP contribution in [0.2, 0.25) is 0 Å². The number of aromatic nitrogens is 2. The Bertz CT molecular complexity index is 678. The van der Waals surface area contributed by atoms with Gasteiger partial charge in [-0.05, 0) is 50.6 Å². The van der Waals surface area contributed by atoms with Crippen LogP contribution in [0.25, 0.3) is 5.69 Å². The van der Waals surface area contributed by atoms with Gasteiger partial charge in [-0.3, -0.25) is 4.79 Å². The van der Waals surface area contributed by atoms with Crippen molar-refractivity contribution in [1.29, 1.82) is 0 Å². The second-order valence-electron chi connectivity index (χ2n) is 6.21. The highest BCUT2D eigenvalue weighted by atomic mass is 16.5. The summed E-state index contributed by atoms with van der Waals surface area (Å²) in [7, 11) is 1.62. The summed E-state index contributed by atoms with van der Waals surface area (Å²) in [6.07, 6.45) is 6.79. The summed E-state index contributed by atoms with van der Waals surface area (Å²) in [6, 6.07) is 8.00. The number of ether oxygens (including phenoxy) is 1. The predicted molar refractivity (Wildman–Crippen MR) is 92.0 cm³/mol. The summed E-state index contributed by atoms with van der Waals surface area (Å²) in [5.41, 5.74) is 1.35. The van der Waals surface area contributed by atoms with Gasteiger partial charge in [0.25, 0.3) is 5.91 Å². The Labute approximate surface area is 142 Å². The zero-order valence-electron chi connectivity index (χ0n) is 14.2. The maximum absolute atomic E-state index is 12.8. The van der Waals surface area contributed by atoms with Crippen molar-refractivity contribution in [2.45, 2.75) is 31.4 Å². The van der Waals surface area contributed by atoms with Gasteiger partial charge in [0.15, 0.2) is 0 Å². The van der Waals surface area contributed by atoms with Crippen molar-refractivity contribution in [3.63, 3.8) is 0 Å². The number of imidazole rings is 1. The van der Waals surface area contributed by atoms with E-state index in [9.17, 15) is 4.79 Å². The Morgan fingerprint density at radius 2 is 2.21 bits per heavy atom. The maximum atomic E-state index is 12.8. The fraction of sp³-hybridized carbons (Fsp3) is 0.444. The van der Waals surface area contributed by atoms with Gasteiger partial charge in [-0.25, -0.2) is 4.98 Å². The van der Waals surface area contributed by atoms with Gasteiger partial charge in [-0.2, -0.15) is 0 Å². The van der Waals surface area contributed by atoms with E-state index in [2.05, 4.69) is 21.7 Å². The van der Waals surface area contributed by atoms with Crippen molar-refractivity contribution < 1.29 is 9.53 Å². The summed E-state index contributed by atoms with van der Waals surface area (Å²) in [6.45, 7) is 3.59. The molecule has 1 aliphatic rings. The molecule has 1 aromatic heterocycles. The quantitative estimate of drug-likeness (QED) is 0.878. The molecule has 1 unspecified atom stereocenters. The third-order valence-corrected chi connectivity index (χ3v) is 4.74. The van der Waals surface area contributed by atoms with Crippen molar-refractivity contribution in [3.8, 4) is 5.69 Å². The molecule has 0 aliphatic carbocycles. The molecule has 1 aliphatic heterocycles. The van der Waals surface area contributed by atoms with Crippen molar-refractivity contribution in [3.05, 3.63) is 48.5 Å². The number of amides is 1. The van der Waals surface area contributed by atoms with Crippen LogP contribution in [-0.2, 0) is 9.53 Å². The van der Waals surface area contributed by atoms with Crippen LogP contribution in [0.5, 0.6) is 0 Å². The number of hydrogen-bond acceptors (Lipinski definition) is 4. The van der Waals surface area contributed by atoms with Gasteiger partial charge in [0.1, 0.15) is 5.60 Å². The zero-order chi connectivity index (χ0) is 17.0. The first kappa shape index (κ1) is 16.7. The molecule has 128 valence electrons. The molecule has 0 bridgehead atoms. The third-order valence-electron chi connectivity index (χ3n) is 4.74. The second kappa shape index (κ2) is 7.15. The van der Waals surface area contributed by atoms with Crippen LogP contribution in [0.1, 0.15) is 31.4 Å². The van der Waals surface area contributed by atoms with Gasteiger partial charge in [-0.1, -0.05) is 12.1 Å². The molecular weight excluding hydrogens is 304 g/mol. The molecule has 0 spiro atoms. The average Bonchev–Trinajstić information content (AvgIpc) is 3.17. The molecule has 1 fully saturated rings. The number of nitrogens with zero attached hydrogens (tertiary/aromatic N) is 2. The third kappa shape index (κ3) is 3.34. The minimum absolute atomic E-state index is 0.0352. The van der Waals surface area contributed by atoms with E-state index in [1.165, 1.54) is 0 Å². The van der Waals surface area contributed by atoms with Crippen molar-refractivity contribution in [1.82, 2.24) is 20.2 Å². The van der Waals surface area contributed by atoms with Crippen LogP contribution in [0.15, 0.2) is 43.0 Å². The lowest BCUT2D eigenvalue weighted by molar-refractivity contribution is -0.147. The summed E-state index contributed by atoms with van der Waals surface area (Å²) in [5, 5.41) is 6.38. The van der Waals surface area contributed by atoms with E-state index in [-0.39, 0.29) is 11.9 Å². The van der Waals surface area contributed by atoms with E-state index in [0.29, 0.717) is 12.8 Å². The minimum atomic E-state index is -0.721. The molecule has 1 aromatic carbocycles. The molecule has 2 heterocycles. The Kier molecular flexibility index (Phi) is 4.97. The lowest BCUT2D eigenvalue weighted by Crippen LogP contribution is -2.54. The van der Waals surface area contributed by atoms with Gasteiger partial charge in [0.05, 0.1) is 12.4 Å². The fourth-order valence-corrected chi connectivity index (χ4v) is 3.13. The van der Waals surface area contributed by atoms with E-state index in [0.717, 1.165) is 24.3 Å². The van der Waals surface area contributed by atoms with E-state index in [1.807, 2.05) is 35.9 Å². The largest absolute Gasteiger partial charge is 0.368 e. The molecule has 1 atom stereocenters. The van der Waals surface area contributed by atoms with Crippen LogP contribution < -0.4 is 10.6 Å². The van der Waals surface area contributed by atoms with E-state index in [4.69, 9.17) is 4.74 Å². The average molecular weight is 328 g/mol. The van der Waals surface area contributed by atoms with Crippen molar-refractivity contribution in [2.75, 3.05) is 20.2 Å². The fourth-order valence-electron chi connectivity index (χ4n) is 3.13. The number of carbonyl (C=O) groups excluding carboxylic acids is 1. The molecule has 0 saturated carbocycles. The molecule has 2 aromatic rings. The molecule has 3 rings (SSSR count). The van der Waals surface area contributed by atoms with Crippen LogP contribution in [0, 0.1) is 0 Å². The Hall–Kier alpha value is -2.18. The van der Waals surface area contributed by atoms with Crippen LogP contribution in [0.3, 0.4) is 0 Å². The smallest absolute Gasteiger partial charge is 0.252 e. The highest BCUT2D eigenvalue weighted by molar-refractivity contribution is 5.85. The number of carbonyl (C=O) groups is 1. The number of rotatable bonds is 5. The van der Waals surface area contributed by atoms with Gasteiger partial charge in [-0.15, -0.1) is 0 Å². The Morgan fingerprint density at radius 3 is 2.88 bits per heavy atom. The number of benzene rings is 1. The molecular formula is C18H24N4O2. The first-order chi connectivity index (χ1) is 11.6. The number of hydrogen-bond donors (Lipinski definition) is 2. The Morgan fingerprint density at radius 1 is 1.42 bits per heavy atom. The molecule has 24 heavy (non-hydrogen) atoms. The second-order valence-corrected chi connectivity index (χ2v) is 6.21. The molecule has 6 heteroatoms. The number of methoxy groups -OCH3 is 1. The maximum Gasteiger partial charge on any atom is 0.252 e. The van der Waals surface area contributed by atoms with Gasteiger partial charge in [0, 0.05) is 25.2 Å². The van der Waals surface area contributed by atoms with Crippen molar-refractivity contribution >= 4 is 5.91 Å². The minimum Gasteiger partial charge on any atom is -0.368 e. The normalized spacial score (nSPS) is 18.1. The highest BCUT2D eigenvalue weighted by Crippen LogP contribution is 2.25. The van der Waals surface area contributed by atoms with Crippen LogP contribution in [0.4, 0.5) is 0 Å². The first-order valence-corrected chi connectivity index (χ1v) is 8.30. The Balaban J connectivity index is 1.73. The standard InChI is InChI=1S/C18H24N4O2/c1-14(21-17(23)18(24-2)6-8-19-9-7-18)15-4-3-5-16(12-15)22-11-10-20-13-22/h3-5,10-14,19H,6-9H2,1-2H3,(H,21,23). The molecule has 1 saturated heterocycles. The lowest BCUT2D eigenvalue weighted by atomic mass is 9.90. The van der Waals surface area contributed by atoms with Gasteiger partial charge < -0.3 is 19.9 Å². The zero-order valence-corrected chi connectivity index (χ0v) is 14.2. The van der Waals surface area contributed by atoms with Gasteiger partial charge in [0.2, 0.25) is 0 Å². The van der Waals surface area contributed by atoms with Crippen LogP contribution in [-0.4, -0.2) is 41.3 Å². The SMILES string of the molecule is COC1(C(=O)NC(C)c2cccc(-n3ccnc3)c2)CCNCC1. The van der Waals surface area contributed by atoms with Gasteiger partial charge >= 0.3 is 0 Å². The molecule has 1 amide bonds. The topological polar surface area (TPSA) is 68.2 Å². The van der Waals surface area contributed by atoms with E-state index < -0.39 is 5.60 Å². The monoisotopic (exact) mass is 328 g/mol. The van der Waals surface area contributed by atoms with Crippen LogP contribution >= 0.6 is 0 Å². The summed E-state index contributed by atoms with van der Waals surface area (Å²) < 4.78 is 7.54. The first-order valence-electron chi connectivity index (χ1n) is 8.30.